The van der Waals surface area contributed by atoms with Crippen LogP contribution in [0.4, 0.5) is 0 Å². The van der Waals surface area contributed by atoms with Gasteiger partial charge in [-0.15, -0.1) is 0 Å². The van der Waals surface area contributed by atoms with Gasteiger partial charge in [-0.25, -0.2) is 0 Å². The Kier molecular flexibility index (Phi) is 157. The van der Waals surface area contributed by atoms with E-state index >= 15 is 0 Å². The topological polar surface area (TPSA) is 0 Å². The molecule has 0 heterocycles. The Bertz CT molecular complexity index is 8.00. The maximum absolute atomic E-state index is 0. The van der Waals surface area contributed by atoms with Crippen LogP contribution >= 0.6 is 9.90 Å². The van der Waals surface area contributed by atoms with Gasteiger partial charge in [0, 0.05) is 58.0 Å². The van der Waals surface area contributed by atoms with Crippen molar-refractivity contribution in [3.05, 3.63) is 0 Å². The molecule has 0 aromatic carbocycles. The minimum atomic E-state index is 0. The standard InChI is InChI=1S/Ni.H3P.Pd.Pt/h;1H3;;. The molecule has 0 saturated carbocycles. The van der Waals surface area contributed by atoms with Crippen molar-refractivity contribution in [2.75, 3.05) is 0 Å². The first-order valence-electron chi connectivity index (χ1n) is 0. The second kappa shape index (κ2) is 18.6. The van der Waals surface area contributed by atoms with Crippen LogP contribution in [0.15, 0.2) is 0 Å². The third-order valence-corrected chi connectivity index (χ3v) is 0. The van der Waals surface area contributed by atoms with Gasteiger partial charge in [-0.05, 0) is 0 Å². The molecule has 0 aliphatic carbocycles. The van der Waals surface area contributed by atoms with Crippen LogP contribution in [0.2, 0.25) is 0 Å². The predicted molar refractivity (Wildman–Crippen MR) is 11.1 cm³/mol. The average Bonchev–Trinajstić information content (AvgIpc) is 0. The average molecular weight is 394 g/mol. The Balaban J connectivity index is 0. The molecule has 0 fully saturated rings. The molecule has 0 aliphatic heterocycles. The summed E-state index contributed by atoms with van der Waals surface area (Å²) in [5, 5.41) is 0. The zero-order valence-corrected chi connectivity index (χ0v) is 7.88. The fourth-order valence-electron chi connectivity index (χ4n) is 0. The summed E-state index contributed by atoms with van der Waals surface area (Å²) in [4.78, 5) is 0. The number of hydrogen-bond acceptors (Lipinski definition) is 0. The summed E-state index contributed by atoms with van der Waals surface area (Å²) in [5.41, 5.74) is 0. The predicted octanol–water partition coefficient (Wildman–Crippen LogP) is 0.0506. The largest absolute Gasteiger partial charge is 0.153 e. The molecule has 0 nitrogen and oxygen atoms in total. The molecule has 0 amide bonds. The first kappa shape index (κ1) is 33.7. The summed E-state index contributed by atoms with van der Waals surface area (Å²) in [6.45, 7) is 0. The third-order valence-electron chi connectivity index (χ3n) is 0. The smallest absolute Gasteiger partial charge is 0 e. The van der Waals surface area contributed by atoms with E-state index in [-0.39, 0.29) is 67.9 Å². The van der Waals surface area contributed by atoms with Crippen LogP contribution in [0.5, 0.6) is 0 Å². The molecule has 0 N–H and O–H groups in total. The van der Waals surface area contributed by atoms with E-state index in [0.717, 1.165) is 0 Å². The van der Waals surface area contributed by atoms with Crippen LogP contribution in [0, 0.1) is 0 Å². The summed E-state index contributed by atoms with van der Waals surface area (Å²) in [7, 11) is 0. The van der Waals surface area contributed by atoms with Gasteiger partial charge >= 0.3 is 0 Å². The van der Waals surface area contributed by atoms with Gasteiger partial charge in [0.15, 0.2) is 0 Å². The van der Waals surface area contributed by atoms with Gasteiger partial charge in [0.2, 0.25) is 0 Å². The van der Waals surface area contributed by atoms with Crippen LogP contribution in [-0.2, 0) is 58.0 Å². The summed E-state index contributed by atoms with van der Waals surface area (Å²) < 4.78 is 0. The van der Waals surface area contributed by atoms with Crippen molar-refractivity contribution >= 4 is 9.90 Å². The number of rotatable bonds is 0. The molecule has 0 aromatic heterocycles. The van der Waals surface area contributed by atoms with Gasteiger partial charge in [0.1, 0.15) is 0 Å². The number of hydrogen-bond donors (Lipinski definition) is 0. The van der Waals surface area contributed by atoms with Crippen LogP contribution in [0.1, 0.15) is 0 Å². The molecular formula is H3NiPPdPt. The molecule has 0 saturated heterocycles. The molecule has 4 heavy (non-hydrogen) atoms. The molecule has 1 atom stereocenters. The Labute approximate surface area is 67.3 Å². The molecule has 0 aliphatic rings. The van der Waals surface area contributed by atoms with Crippen LogP contribution in [0.3, 0.4) is 0 Å². The molecule has 0 radical (unpaired) electrons. The van der Waals surface area contributed by atoms with E-state index in [9.17, 15) is 0 Å². The Morgan fingerprint density at radius 2 is 1.00 bits per heavy atom. The first-order valence-corrected chi connectivity index (χ1v) is 0. The van der Waals surface area contributed by atoms with Gasteiger partial charge in [0.05, 0.1) is 0 Å². The minimum absolute atomic E-state index is 0. The summed E-state index contributed by atoms with van der Waals surface area (Å²) >= 11 is 0. The van der Waals surface area contributed by atoms with E-state index in [0.29, 0.717) is 0 Å². The Morgan fingerprint density at radius 1 is 1.00 bits per heavy atom. The zero-order valence-electron chi connectivity index (χ0n) is 1.66. The fraction of sp³-hybridized carbons (Fsp3) is 0. The Morgan fingerprint density at radius 3 is 1.00 bits per heavy atom. The van der Waals surface area contributed by atoms with E-state index in [1.165, 1.54) is 0 Å². The van der Waals surface area contributed by atoms with E-state index < -0.39 is 0 Å². The monoisotopic (exact) mass is 393 g/mol. The molecular weight excluding hydrogens is 391 g/mol. The normalized spacial score (nSPS) is 0. The van der Waals surface area contributed by atoms with Crippen molar-refractivity contribution in [1.29, 1.82) is 0 Å². The SMILES string of the molecule is P.[Ni].[Pd].[Pt]. The second-order valence-electron chi connectivity index (χ2n) is 0. The molecule has 0 rings (SSSR count). The van der Waals surface area contributed by atoms with Crippen LogP contribution in [0.25, 0.3) is 0 Å². The van der Waals surface area contributed by atoms with Gasteiger partial charge < -0.3 is 0 Å². The van der Waals surface area contributed by atoms with Crippen molar-refractivity contribution in [3.8, 4) is 0 Å². The van der Waals surface area contributed by atoms with E-state index in [1.54, 1.807) is 0 Å². The fourth-order valence-corrected chi connectivity index (χ4v) is 0. The maximum atomic E-state index is 0. The molecule has 0 aromatic rings. The van der Waals surface area contributed by atoms with Gasteiger partial charge in [-0.3, -0.25) is 0 Å². The van der Waals surface area contributed by atoms with Gasteiger partial charge in [0.25, 0.3) is 0 Å². The maximum Gasteiger partial charge on any atom is 0 e. The van der Waals surface area contributed by atoms with Crippen molar-refractivity contribution in [2.24, 2.45) is 0 Å². The zero-order chi connectivity index (χ0) is 0. The van der Waals surface area contributed by atoms with Crippen molar-refractivity contribution in [1.82, 2.24) is 0 Å². The van der Waals surface area contributed by atoms with E-state index in [2.05, 4.69) is 0 Å². The molecule has 38 valence electrons. The summed E-state index contributed by atoms with van der Waals surface area (Å²) in [5.74, 6) is 0. The van der Waals surface area contributed by atoms with Crippen molar-refractivity contribution in [3.63, 3.8) is 0 Å². The van der Waals surface area contributed by atoms with Crippen molar-refractivity contribution in [2.45, 2.75) is 0 Å². The van der Waals surface area contributed by atoms with E-state index in [4.69, 9.17) is 0 Å². The van der Waals surface area contributed by atoms with Crippen LogP contribution in [-0.4, -0.2) is 0 Å². The quantitative estimate of drug-likeness (QED) is 0.403. The summed E-state index contributed by atoms with van der Waals surface area (Å²) in [6, 6.07) is 0. The van der Waals surface area contributed by atoms with Crippen molar-refractivity contribution < 1.29 is 58.0 Å². The molecule has 4 heteroatoms. The third kappa shape index (κ3) is 8.86. The summed E-state index contributed by atoms with van der Waals surface area (Å²) in [6.07, 6.45) is 0. The van der Waals surface area contributed by atoms with Gasteiger partial charge in [-0.2, -0.15) is 9.90 Å². The molecule has 0 spiro atoms. The van der Waals surface area contributed by atoms with E-state index in [1.807, 2.05) is 0 Å². The Hall–Kier alpha value is 2.27. The minimum Gasteiger partial charge on any atom is -0.153 e. The van der Waals surface area contributed by atoms with Crippen LogP contribution < -0.4 is 0 Å². The first-order chi connectivity index (χ1) is 0. The second-order valence-corrected chi connectivity index (χ2v) is 0. The molecule has 1 unspecified atom stereocenters. The van der Waals surface area contributed by atoms with Gasteiger partial charge in [-0.1, -0.05) is 0 Å². The molecule has 0 bridgehead atoms.